The molecule has 4 nitrogen and oxygen atoms in total. The van der Waals surface area contributed by atoms with E-state index in [0.29, 0.717) is 11.6 Å². The molecule has 2 unspecified atom stereocenters. The largest absolute Gasteiger partial charge is 0.399 e. The van der Waals surface area contributed by atoms with Gasteiger partial charge in [0.1, 0.15) is 0 Å². The number of benzene rings is 1. The first-order chi connectivity index (χ1) is 8.44. The van der Waals surface area contributed by atoms with E-state index >= 15 is 0 Å². The summed E-state index contributed by atoms with van der Waals surface area (Å²) in [6.07, 6.45) is 2.99. The standard InChI is InChI=1S/C13H20N2O2S/c1-10-5-6-13(7-10)15-18(16,17)9-11-3-2-4-12(14)8-11/h2-4,8,10,13,15H,5-7,9,14H2,1H3. The molecular weight excluding hydrogens is 248 g/mol. The normalized spacial score (nSPS) is 24.3. The lowest BCUT2D eigenvalue weighted by atomic mass is 10.1. The van der Waals surface area contributed by atoms with Crippen molar-refractivity contribution >= 4 is 15.7 Å². The average Bonchev–Trinajstić information content (AvgIpc) is 2.62. The molecule has 1 aromatic rings. The maximum atomic E-state index is 12.0. The van der Waals surface area contributed by atoms with E-state index in [2.05, 4.69) is 11.6 Å². The van der Waals surface area contributed by atoms with Gasteiger partial charge >= 0.3 is 0 Å². The van der Waals surface area contributed by atoms with Crippen LogP contribution < -0.4 is 10.5 Å². The van der Waals surface area contributed by atoms with E-state index in [1.165, 1.54) is 0 Å². The van der Waals surface area contributed by atoms with Crippen molar-refractivity contribution in [1.29, 1.82) is 0 Å². The second-order valence-corrected chi connectivity index (χ2v) is 6.99. The first-order valence-corrected chi connectivity index (χ1v) is 7.94. The first kappa shape index (κ1) is 13.4. The second-order valence-electron chi connectivity index (χ2n) is 5.24. The molecule has 1 aromatic carbocycles. The van der Waals surface area contributed by atoms with Crippen molar-refractivity contribution in [1.82, 2.24) is 4.72 Å². The Hall–Kier alpha value is -1.07. The van der Waals surface area contributed by atoms with Crippen molar-refractivity contribution in [2.45, 2.75) is 38.0 Å². The van der Waals surface area contributed by atoms with Crippen LogP contribution in [0, 0.1) is 5.92 Å². The maximum Gasteiger partial charge on any atom is 0.216 e. The van der Waals surface area contributed by atoms with Crippen molar-refractivity contribution < 1.29 is 8.42 Å². The lowest BCUT2D eigenvalue weighted by Crippen LogP contribution is -2.33. The molecule has 18 heavy (non-hydrogen) atoms. The van der Waals surface area contributed by atoms with Crippen LogP contribution in [-0.4, -0.2) is 14.5 Å². The Bertz CT molecular complexity index is 513. The van der Waals surface area contributed by atoms with E-state index in [0.717, 1.165) is 24.8 Å². The van der Waals surface area contributed by atoms with Gasteiger partial charge < -0.3 is 5.73 Å². The Kier molecular flexibility index (Phi) is 3.92. The number of nitrogens with one attached hydrogen (secondary N) is 1. The van der Waals surface area contributed by atoms with Crippen LogP contribution in [0.4, 0.5) is 5.69 Å². The van der Waals surface area contributed by atoms with E-state index in [1.807, 2.05) is 0 Å². The highest BCUT2D eigenvalue weighted by atomic mass is 32.2. The first-order valence-electron chi connectivity index (χ1n) is 6.29. The summed E-state index contributed by atoms with van der Waals surface area (Å²) < 4.78 is 26.8. The van der Waals surface area contributed by atoms with Gasteiger partial charge in [-0.3, -0.25) is 0 Å². The third-order valence-electron chi connectivity index (χ3n) is 3.35. The molecular formula is C13H20N2O2S. The van der Waals surface area contributed by atoms with Crippen LogP contribution in [0.5, 0.6) is 0 Å². The summed E-state index contributed by atoms with van der Waals surface area (Å²) in [7, 11) is -3.26. The maximum absolute atomic E-state index is 12.0. The molecule has 5 heteroatoms. The zero-order valence-corrected chi connectivity index (χ0v) is 11.4. The Labute approximate surface area is 109 Å². The molecule has 1 fully saturated rings. The molecule has 0 heterocycles. The van der Waals surface area contributed by atoms with E-state index in [-0.39, 0.29) is 11.8 Å². The van der Waals surface area contributed by atoms with Gasteiger partial charge in [0.25, 0.3) is 0 Å². The number of sulfonamides is 1. The quantitative estimate of drug-likeness (QED) is 0.819. The SMILES string of the molecule is CC1CCC(NS(=O)(=O)Cc2cccc(N)c2)C1. The van der Waals surface area contributed by atoms with E-state index in [4.69, 9.17) is 5.73 Å². The molecule has 3 N–H and O–H groups in total. The van der Waals surface area contributed by atoms with Crippen LogP contribution in [0.2, 0.25) is 0 Å². The van der Waals surface area contributed by atoms with Crippen LogP contribution >= 0.6 is 0 Å². The number of anilines is 1. The second kappa shape index (κ2) is 5.28. The summed E-state index contributed by atoms with van der Waals surface area (Å²) in [6.45, 7) is 2.16. The summed E-state index contributed by atoms with van der Waals surface area (Å²) >= 11 is 0. The summed E-state index contributed by atoms with van der Waals surface area (Å²) in [5, 5.41) is 0. The average molecular weight is 268 g/mol. The van der Waals surface area contributed by atoms with Crippen molar-refractivity contribution in [3.05, 3.63) is 29.8 Å². The third kappa shape index (κ3) is 3.71. The number of nitrogen functional groups attached to an aromatic ring is 1. The Morgan fingerprint density at radius 2 is 2.17 bits per heavy atom. The lowest BCUT2D eigenvalue weighted by molar-refractivity contribution is 0.538. The molecule has 0 radical (unpaired) electrons. The highest BCUT2D eigenvalue weighted by Gasteiger charge is 2.25. The van der Waals surface area contributed by atoms with Crippen molar-refractivity contribution in [3.63, 3.8) is 0 Å². The molecule has 1 saturated carbocycles. The topological polar surface area (TPSA) is 72.2 Å². The Morgan fingerprint density at radius 1 is 1.39 bits per heavy atom. The van der Waals surface area contributed by atoms with Gasteiger partial charge in [0.15, 0.2) is 0 Å². The Morgan fingerprint density at radius 3 is 2.78 bits per heavy atom. The van der Waals surface area contributed by atoms with Crippen LogP contribution in [0.1, 0.15) is 31.7 Å². The molecule has 0 bridgehead atoms. The summed E-state index contributed by atoms with van der Waals surface area (Å²) in [5.74, 6) is 0.619. The Balaban J connectivity index is 1.99. The number of hydrogen-bond donors (Lipinski definition) is 2. The number of hydrogen-bond acceptors (Lipinski definition) is 3. The monoisotopic (exact) mass is 268 g/mol. The van der Waals surface area contributed by atoms with Crippen molar-refractivity contribution in [2.75, 3.05) is 5.73 Å². The van der Waals surface area contributed by atoms with Gasteiger partial charge in [0.2, 0.25) is 10.0 Å². The summed E-state index contributed by atoms with van der Waals surface area (Å²) in [6, 6.07) is 7.12. The summed E-state index contributed by atoms with van der Waals surface area (Å²) in [5.41, 5.74) is 6.97. The van der Waals surface area contributed by atoms with Gasteiger partial charge in [0.05, 0.1) is 5.75 Å². The minimum atomic E-state index is -3.26. The lowest BCUT2D eigenvalue weighted by Gasteiger charge is -2.13. The highest BCUT2D eigenvalue weighted by Crippen LogP contribution is 2.25. The summed E-state index contributed by atoms with van der Waals surface area (Å²) in [4.78, 5) is 0. The molecule has 2 atom stereocenters. The van der Waals surface area contributed by atoms with E-state index in [9.17, 15) is 8.42 Å². The van der Waals surface area contributed by atoms with Gasteiger partial charge in [-0.15, -0.1) is 0 Å². The predicted molar refractivity (Wildman–Crippen MR) is 73.4 cm³/mol. The minimum Gasteiger partial charge on any atom is -0.399 e. The molecule has 1 aliphatic rings. The fraction of sp³-hybridized carbons (Fsp3) is 0.538. The van der Waals surface area contributed by atoms with E-state index in [1.54, 1.807) is 24.3 Å². The van der Waals surface area contributed by atoms with Gasteiger partial charge in [-0.1, -0.05) is 19.1 Å². The number of nitrogens with two attached hydrogens (primary N) is 1. The highest BCUT2D eigenvalue weighted by molar-refractivity contribution is 7.88. The van der Waals surface area contributed by atoms with Gasteiger partial charge in [-0.05, 0) is 42.9 Å². The zero-order chi connectivity index (χ0) is 13.2. The van der Waals surface area contributed by atoms with Crippen LogP contribution in [0.25, 0.3) is 0 Å². The molecule has 100 valence electrons. The smallest absolute Gasteiger partial charge is 0.216 e. The fourth-order valence-corrected chi connectivity index (χ4v) is 3.94. The number of rotatable bonds is 4. The predicted octanol–water partition coefficient (Wildman–Crippen LogP) is 1.88. The van der Waals surface area contributed by atoms with Crippen LogP contribution in [0.3, 0.4) is 0 Å². The zero-order valence-electron chi connectivity index (χ0n) is 10.6. The molecule has 0 saturated heterocycles. The fourth-order valence-electron chi connectivity index (χ4n) is 2.51. The van der Waals surface area contributed by atoms with Crippen molar-refractivity contribution in [3.8, 4) is 0 Å². The molecule has 0 spiro atoms. The van der Waals surface area contributed by atoms with E-state index < -0.39 is 10.0 Å². The van der Waals surface area contributed by atoms with Gasteiger partial charge in [0, 0.05) is 11.7 Å². The van der Waals surface area contributed by atoms with Crippen LogP contribution in [0.15, 0.2) is 24.3 Å². The molecule has 0 amide bonds. The van der Waals surface area contributed by atoms with Crippen LogP contribution in [-0.2, 0) is 15.8 Å². The minimum absolute atomic E-state index is 0.00290. The molecule has 1 aliphatic carbocycles. The third-order valence-corrected chi connectivity index (χ3v) is 4.75. The van der Waals surface area contributed by atoms with Crippen molar-refractivity contribution in [2.24, 2.45) is 5.92 Å². The molecule has 0 aromatic heterocycles. The van der Waals surface area contributed by atoms with Gasteiger partial charge in [-0.25, -0.2) is 13.1 Å². The molecule has 2 rings (SSSR count). The molecule has 0 aliphatic heterocycles. The van der Waals surface area contributed by atoms with Gasteiger partial charge in [-0.2, -0.15) is 0 Å².